The summed E-state index contributed by atoms with van der Waals surface area (Å²) in [7, 11) is 0. The molecule has 122 valence electrons. The van der Waals surface area contributed by atoms with E-state index in [1.165, 1.54) is 23.1 Å². The van der Waals surface area contributed by atoms with Crippen LogP contribution in [0.25, 0.3) is 0 Å². The second kappa shape index (κ2) is 8.28. The molecule has 1 aromatic carbocycles. The largest absolute Gasteiger partial charge is 0.325 e. The van der Waals surface area contributed by atoms with Crippen LogP contribution in [0.2, 0.25) is 5.02 Å². The first-order chi connectivity index (χ1) is 10.9. The molecule has 1 heterocycles. The maximum Gasteiger partial charge on any atom is 0.236 e. The summed E-state index contributed by atoms with van der Waals surface area (Å²) in [6, 6.07) is 5.25. The van der Waals surface area contributed by atoms with Gasteiger partial charge in [-0.05, 0) is 37.6 Å². The molecule has 0 spiro atoms. The number of nitrogens with one attached hydrogen (secondary N) is 2. The zero-order chi connectivity index (χ0) is 16.8. The van der Waals surface area contributed by atoms with Crippen LogP contribution in [0.3, 0.4) is 0 Å². The molecule has 0 aliphatic carbocycles. The van der Waals surface area contributed by atoms with E-state index in [2.05, 4.69) is 20.8 Å². The van der Waals surface area contributed by atoms with Gasteiger partial charge in [0.1, 0.15) is 5.01 Å². The number of aromatic nitrogens is 2. The molecule has 0 saturated carbocycles. The maximum atomic E-state index is 11.9. The smallest absolute Gasteiger partial charge is 0.236 e. The highest BCUT2D eigenvalue weighted by Gasteiger charge is 2.09. The van der Waals surface area contributed by atoms with Crippen molar-refractivity contribution in [2.24, 2.45) is 0 Å². The minimum absolute atomic E-state index is 0.167. The molecular formula is C14H15ClN4O2S2. The van der Waals surface area contributed by atoms with Crippen LogP contribution in [0.5, 0.6) is 0 Å². The number of aryl methyl sites for hydroxylation is 2. The Labute approximate surface area is 147 Å². The molecule has 0 saturated heterocycles. The molecule has 2 rings (SSSR count). The summed E-state index contributed by atoms with van der Waals surface area (Å²) >= 11 is 8.41. The van der Waals surface area contributed by atoms with Crippen molar-refractivity contribution in [1.29, 1.82) is 0 Å². The maximum absolute atomic E-state index is 11.9. The molecule has 0 bridgehead atoms. The Hall–Kier alpha value is -1.64. The summed E-state index contributed by atoms with van der Waals surface area (Å²) < 4.78 is 0. The van der Waals surface area contributed by atoms with Crippen molar-refractivity contribution in [3.8, 4) is 0 Å². The molecule has 0 atom stereocenters. The average Bonchev–Trinajstić information content (AvgIpc) is 2.87. The van der Waals surface area contributed by atoms with E-state index in [0.717, 1.165) is 10.6 Å². The van der Waals surface area contributed by atoms with Gasteiger partial charge in [0.25, 0.3) is 0 Å². The highest BCUT2D eigenvalue weighted by atomic mass is 35.5. The van der Waals surface area contributed by atoms with E-state index in [9.17, 15) is 9.59 Å². The molecule has 23 heavy (non-hydrogen) atoms. The SMILES string of the molecule is Cc1nnc(NC(=O)CSCC(=O)Nc2ccc(Cl)cc2C)s1. The van der Waals surface area contributed by atoms with Crippen molar-refractivity contribution >= 4 is 57.3 Å². The van der Waals surface area contributed by atoms with Crippen molar-refractivity contribution in [2.75, 3.05) is 22.1 Å². The van der Waals surface area contributed by atoms with Crippen molar-refractivity contribution in [2.45, 2.75) is 13.8 Å². The molecule has 1 aromatic heterocycles. The van der Waals surface area contributed by atoms with Crippen molar-refractivity contribution in [3.63, 3.8) is 0 Å². The van der Waals surface area contributed by atoms with Crippen LogP contribution >= 0.6 is 34.7 Å². The summed E-state index contributed by atoms with van der Waals surface area (Å²) in [5.74, 6) is -0.0161. The van der Waals surface area contributed by atoms with Crippen LogP contribution in [0.4, 0.5) is 10.8 Å². The number of benzene rings is 1. The summed E-state index contributed by atoms with van der Waals surface area (Å²) in [6.45, 7) is 3.68. The van der Waals surface area contributed by atoms with Crippen molar-refractivity contribution < 1.29 is 9.59 Å². The van der Waals surface area contributed by atoms with Crippen LogP contribution in [0.1, 0.15) is 10.6 Å². The third-order valence-electron chi connectivity index (χ3n) is 2.70. The van der Waals surface area contributed by atoms with Gasteiger partial charge in [-0.25, -0.2) is 0 Å². The van der Waals surface area contributed by atoms with Gasteiger partial charge < -0.3 is 5.32 Å². The number of nitrogens with zero attached hydrogens (tertiary/aromatic N) is 2. The minimum Gasteiger partial charge on any atom is -0.325 e. The first-order valence-corrected chi connectivity index (χ1v) is 9.02. The lowest BCUT2D eigenvalue weighted by Crippen LogP contribution is -2.18. The van der Waals surface area contributed by atoms with E-state index in [-0.39, 0.29) is 23.3 Å². The zero-order valence-electron chi connectivity index (χ0n) is 12.6. The average molecular weight is 371 g/mol. The van der Waals surface area contributed by atoms with E-state index in [4.69, 9.17) is 11.6 Å². The van der Waals surface area contributed by atoms with Crippen LogP contribution in [-0.2, 0) is 9.59 Å². The standard InChI is InChI=1S/C14H15ClN4O2S2/c1-8-5-10(15)3-4-11(8)16-12(20)6-22-7-13(21)17-14-19-18-9(2)23-14/h3-5H,6-7H2,1-2H3,(H,16,20)(H,17,19,21). The molecule has 0 radical (unpaired) electrons. The Morgan fingerprint density at radius 2 is 1.87 bits per heavy atom. The Morgan fingerprint density at radius 1 is 1.17 bits per heavy atom. The second-order valence-corrected chi connectivity index (χ2v) is 7.28. The number of halogens is 1. The lowest BCUT2D eigenvalue weighted by molar-refractivity contribution is -0.114. The predicted molar refractivity (Wildman–Crippen MR) is 95.4 cm³/mol. The third kappa shape index (κ3) is 5.81. The number of hydrogen-bond donors (Lipinski definition) is 2. The molecule has 9 heteroatoms. The normalized spacial score (nSPS) is 10.4. The molecular weight excluding hydrogens is 356 g/mol. The Kier molecular flexibility index (Phi) is 6.37. The van der Waals surface area contributed by atoms with Crippen LogP contribution in [0.15, 0.2) is 18.2 Å². The predicted octanol–water partition coefficient (Wildman–Crippen LogP) is 3.12. The molecule has 0 aliphatic heterocycles. The number of carbonyl (C=O) groups is 2. The Balaban J connectivity index is 1.73. The molecule has 0 fully saturated rings. The highest BCUT2D eigenvalue weighted by Crippen LogP contribution is 2.20. The van der Waals surface area contributed by atoms with Gasteiger partial charge in [-0.1, -0.05) is 22.9 Å². The van der Waals surface area contributed by atoms with Gasteiger partial charge in [-0.15, -0.1) is 22.0 Å². The Bertz CT molecular complexity index is 721. The van der Waals surface area contributed by atoms with Crippen LogP contribution < -0.4 is 10.6 Å². The topological polar surface area (TPSA) is 84.0 Å². The number of thioether (sulfide) groups is 1. The molecule has 0 aliphatic rings. The van der Waals surface area contributed by atoms with Gasteiger partial charge in [0.15, 0.2) is 0 Å². The van der Waals surface area contributed by atoms with Gasteiger partial charge in [0.2, 0.25) is 16.9 Å². The van der Waals surface area contributed by atoms with Gasteiger partial charge in [0.05, 0.1) is 11.5 Å². The minimum atomic E-state index is -0.207. The number of anilines is 2. The number of rotatable bonds is 6. The Morgan fingerprint density at radius 3 is 2.48 bits per heavy atom. The van der Waals surface area contributed by atoms with E-state index < -0.39 is 0 Å². The van der Waals surface area contributed by atoms with Crippen molar-refractivity contribution in [3.05, 3.63) is 33.8 Å². The van der Waals surface area contributed by atoms with E-state index in [1.807, 2.05) is 13.8 Å². The summed E-state index contributed by atoms with van der Waals surface area (Å²) in [5.41, 5.74) is 1.61. The van der Waals surface area contributed by atoms with Gasteiger partial charge in [-0.2, -0.15) is 0 Å². The number of carbonyl (C=O) groups excluding carboxylic acids is 2. The monoisotopic (exact) mass is 370 g/mol. The first kappa shape index (κ1) is 17.7. The van der Waals surface area contributed by atoms with Crippen molar-refractivity contribution in [1.82, 2.24) is 10.2 Å². The van der Waals surface area contributed by atoms with Gasteiger partial charge in [-0.3, -0.25) is 14.9 Å². The lowest BCUT2D eigenvalue weighted by Gasteiger charge is -2.08. The number of amides is 2. The van der Waals surface area contributed by atoms with Gasteiger partial charge in [0, 0.05) is 10.7 Å². The zero-order valence-corrected chi connectivity index (χ0v) is 14.9. The van der Waals surface area contributed by atoms with E-state index in [0.29, 0.717) is 15.8 Å². The summed E-state index contributed by atoms with van der Waals surface area (Å²) in [5, 5.41) is 14.9. The second-order valence-electron chi connectivity index (χ2n) is 4.67. The quantitative estimate of drug-likeness (QED) is 0.816. The fourth-order valence-electron chi connectivity index (χ4n) is 1.69. The number of hydrogen-bond acceptors (Lipinski definition) is 6. The fraction of sp³-hybridized carbons (Fsp3) is 0.286. The fourth-order valence-corrected chi connectivity index (χ4v) is 3.14. The summed E-state index contributed by atoms with van der Waals surface area (Å²) in [4.78, 5) is 23.6. The van der Waals surface area contributed by atoms with Crippen LogP contribution in [-0.4, -0.2) is 33.5 Å². The first-order valence-electron chi connectivity index (χ1n) is 6.68. The van der Waals surface area contributed by atoms with Crippen LogP contribution in [0, 0.1) is 13.8 Å². The molecule has 6 nitrogen and oxygen atoms in total. The molecule has 2 amide bonds. The molecule has 0 unspecified atom stereocenters. The summed E-state index contributed by atoms with van der Waals surface area (Å²) in [6.07, 6.45) is 0. The third-order valence-corrected chi connectivity index (χ3v) is 4.62. The van der Waals surface area contributed by atoms with Gasteiger partial charge >= 0.3 is 0 Å². The molecule has 2 aromatic rings. The molecule has 2 N–H and O–H groups in total. The van der Waals surface area contributed by atoms with E-state index >= 15 is 0 Å². The van der Waals surface area contributed by atoms with E-state index in [1.54, 1.807) is 18.2 Å². The lowest BCUT2D eigenvalue weighted by atomic mass is 10.2. The highest BCUT2D eigenvalue weighted by molar-refractivity contribution is 8.00.